The summed E-state index contributed by atoms with van der Waals surface area (Å²) >= 11 is 2.70. The zero-order valence-electron chi connectivity index (χ0n) is 20.5. The van der Waals surface area contributed by atoms with Crippen molar-refractivity contribution in [1.82, 2.24) is 5.32 Å². The summed E-state index contributed by atoms with van der Waals surface area (Å²) in [5, 5.41) is 10.1. The van der Waals surface area contributed by atoms with E-state index in [1.807, 2.05) is 23.6 Å². The number of carbonyl (C=O) groups is 4. The molecule has 0 fully saturated rings. The van der Waals surface area contributed by atoms with Crippen molar-refractivity contribution in [3.63, 3.8) is 0 Å². The highest BCUT2D eigenvalue weighted by Gasteiger charge is 2.16. The Kier molecular flexibility index (Phi) is 9.28. The van der Waals surface area contributed by atoms with E-state index < -0.39 is 17.7 Å². The summed E-state index contributed by atoms with van der Waals surface area (Å²) in [6.45, 7) is 0. The normalized spacial score (nSPS) is 10.9. The molecule has 0 saturated carbocycles. The third kappa shape index (κ3) is 7.91. The predicted molar refractivity (Wildman–Crippen MR) is 156 cm³/mol. The second kappa shape index (κ2) is 13.2. The number of thiophene rings is 1. The van der Waals surface area contributed by atoms with Gasteiger partial charge in [-0.15, -0.1) is 23.1 Å². The average Bonchev–Trinajstić information content (AvgIpc) is 3.45. The Hall–Kier alpha value is -4.67. The number of nitrogens with one attached hydrogen (secondary N) is 3. The molecule has 0 spiro atoms. The molecule has 0 radical (unpaired) electrons. The lowest BCUT2D eigenvalue weighted by molar-refractivity contribution is -0.114. The molecule has 0 aliphatic heterocycles. The molecule has 0 bridgehead atoms. The van der Waals surface area contributed by atoms with Crippen molar-refractivity contribution in [3.05, 3.63) is 118 Å². The average molecular weight is 557 g/mol. The summed E-state index contributed by atoms with van der Waals surface area (Å²) in [5.74, 6) is -1.76. The smallest absolute Gasteiger partial charge is 0.272 e. The number of amides is 4. The third-order valence-corrected chi connectivity index (χ3v) is 7.10. The van der Waals surface area contributed by atoms with Gasteiger partial charge in [-0.05, 0) is 60.0 Å². The maximum Gasteiger partial charge on any atom is 0.272 e. The lowest BCUT2D eigenvalue weighted by atomic mass is 10.1. The van der Waals surface area contributed by atoms with Gasteiger partial charge in [0.25, 0.3) is 17.7 Å². The van der Waals surface area contributed by atoms with Crippen LogP contribution in [0, 0.1) is 0 Å². The zero-order chi connectivity index (χ0) is 27.6. The van der Waals surface area contributed by atoms with Crippen LogP contribution in [0.2, 0.25) is 0 Å². The highest BCUT2D eigenvalue weighted by molar-refractivity contribution is 8.00. The maximum absolute atomic E-state index is 13.2. The first-order chi connectivity index (χ1) is 18.9. The van der Waals surface area contributed by atoms with E-state index in [0.717, 1.165) is 9.77 Å². The van der Waals surface area contributed by atoms with Crippen molar-refractivity contribution in [1.29, 1.82) is 0 Å². The number of primary amides is 1. The van der Waals surface area contributed by atoms with Gasteiger partial charge in [-0.25, -0.2) is 0 Å². The minimum absolute atomic E-state index is 0.0706. The standard InChI is InChI=1S/C29H24N4O4S2/c30-27(35)23-13-4-5-14-24(23)32-26(34)18-39-21-11-6-10-20(16-21)31-29(37)25(17-22-12-7-15-38-22)33-28(36)19-8-2-1-3-9-19/h1-17H,18H2,(H2,30,35)(H,31,37)(H,32,34)(H,33,36)/b25-17+. The number of para-hydroxylation sites is 1. The minimum atomic E-state index is -0.630. The monoisotopic (exact) mass is 556 g/mol. The maximum atomic E-state index is 13.2. The van der Waals surface area contributed by atoms with Gasteiger partial charge in [0, 0.05) is 21.0 Å². The van der Waals surface area contributed by atoms with E-state index in [9.17, 15) is 19.2 Å². The molecule has 0 saturated heterocycles. The van der Waals surface area contributed by atoms with Gasteiger partial charge in [-0.2, -0.15) is 0 Å². The summed E-state index contributed by atoms with van der Waals surface area (Å²) in [4.78, 5) is 51.5. The molecule has 4 rings (SSSR count). The Balaban J connectivity index is 1.41. The van der Waals surface area contributed by atoms with Gasteiger partial charge in [0.05, 0.1) is 17.0 Å². The van der Waals surface area contributed by atoms with E-state index in [2.05, 4.69) is 16.0 Å². The van der Waals surface area contributed by atoms with Crippen LogP contribution in [0.5, 0.6) is 0 Å². The molecule has 8 nitrogen and oxygen atoms in total. The summed E-state index contributed by atoms with van der Waals surface area (Å²) in [6, 6.07) is 25.9. The molecule has 196 valence electrons. The quantitative estimate of drug-likeness (QED) is 0.162. The number of anilines is 2. The van der Waals surface area contributed by atoms with Crippen molar-refractivity contribution in [2.45, 2.75) is 4.90 Å². The Morgan fingerprint density at radius 1 is 0.846 bits per heavy atom. The van der Waals surface area contributed by atoms with Crippen molar-refractivity contribution in [2.24, 2.45) is 5.73 Å². The molecule has 10 heteroatoms. The van der Waals surface area contributed by atoms with Gasteiger partial charge in [-0.1, -0.05) is 42.5 Å². The van der Waals surface area contributed by atoms with E-state index in [-0.39, 0.29) is 22.9 Å². The molecule has 0 unspecified atom stereocenters. The van der Waals surface area contributed by atoms with Crippen LogP contribution in [0.4, 0.5) is 11.4 Å². The first-order valence-electron chi connectivity index (χ1n) is 11.7. The van der Waals surface area contributed by atoms with Crippen LogP contribution in [0.3, 0.4) is 0 Å². The van der Waals surface area contributed by atoms with E-state index in [1.165, 1.54) is 23.1 Å². The number of rotatable bonds is 10. The fourth-order valence-corrected chi connectivity index (χ4v) is 4.87. The van der Waals surface area contributed by atoms with Crippen LogP contribution in [-0.2, 0) is 9.59 Å². The number of hydrogen-bond donors (Lipinski definition) is 4. The lowest BCUT2D eigenvalue weighted by Crippen LogP contribution is -2.30. The van der Waals surface area contributed by atoms with Gasteiger partial charge in [-0.3, -0.25) is 19.2 Å². The summed E-state index contributed by atoms with van der Waals surface area (Å²) < 4.78 is 0. The number of hydrogen-bond acceptors (Lipinski definition) is 6. The Labute approximate surface area is 233 Å². The molecule has 5 N–H and O–H groups in total. The highest BCUT2D eigenvalue weighted by atomic mass is 32.2. The molecule has 0 aliphatic carbocycles. The second-order valence-electron chi connectivity index (χ2n) is 8.12. The SMILES string of the molecule is NC(=O)c1ccccc1NC(=O)CSc1cccc(NC(=O)/C(=C\c2cccs2)NC(=O)c2ccccc2)c1. The largest absolute Gasteiger partial charge is 0.366 e. The molecule has 39 heavy (non-hydrogen) atoms. The molecule has 1 aromatic heterocycles. The van der Waals surface area contributed by atoms with Gasteiger partial charge >= 0.3 is 0 Å². The fourth-order valence-electron chi connectivity index (χ4n) is 3.46. The van der Waals surface area contributed by atoms with E-state index in [1.54, 1.807) is 78.9 Å². The molecule has 4 aromatic rings. The fraction of sp³-hybridized carbons (Fsp3) is 0.0345. The summed E-state index contributed by atoms with van der Waals surface area (Å²) in [6.07, 6.45) is 1.62. The van der Waals surface area contributed by atoms with E-state index in [0.29, 0.717) is 16.9 Å². The van der Waals surface area contributed by atoms with Gasteiger partial charge in [0.2, 0.25) is 5.91 Å². The Morgan fingerprint density at radius 3 is 2.36 bits per heavy atom. The highest BCUT2D eigenvalue weighted by Crippen LogP contribution is 2.23. The number of benzene rings is 3. The summed E-state index contributed by atoms with van der Waals surface area (Å²) in [7, 11) is 0. The minimum Gasteiger partial charge on any atom is -0.366 e. The zero-order valence-corrected chi connectivity index (χ0v) is 22.2. The van der Waals surface area contributed by atoms with Crippen molar-refractivity contribution in [3.8, 4) is 0 Å². The van der Waals surface area contributed by atoms with Crippen LogP contribution in [0.25, 0.3) is 6.08 Å². The molecule has 0 aliphatic rings. The molecule has 1 heterocycles. The van der Waals surface area contributed by atoms with Gasteiger partial charge in [0.15, 0.2) is 0 Å². The predicted octanol–water partition coefficient (Wildman–Crippen LogP) is 4.99. The van der Waals surface area contributed by atoms with Crippen LogP contribution in [0.1, 0.15) is 25.6 Å². The van der Waals surface area contributed by atoms with Crippen LogP contribution >= 0.6 is 23.1 Å². The number of thioether (sulfide) groups is 1. The topological polar surface area (TPSA) is 130 Å². The second-order valence-corrected chi connectivity index (χ2v) is 10.2. The van der Waals surface area contributed by atoms with Gasteiger partial charge < -0.3 is 21.7 Å². The molecular weight excluding hydrogens is 532 g/mol. The molecular formula is C29H24N4O4S2. The van der Waals surface area contributed by atoms with Crippen molar-refractivity contribution >= 4 is 64.2 Å². The number of nitrogens with two attached hydrogens (primary N) is 1. The molecule has 4 amide bonds. The molecule has 0 atom stereocenters. The Bertz CT molecular complexity index is 1520. The first kappa shape index (κ1) is 27.4. The third-order valence-electron chi connectivity index (χ3n) is 5.29. The van der Waals surface area contributed by atoms with Crippen LogP contribution in [0.15, 0.2) is 107 Å². The number of carbonyl (C=O) groups excluding carboxylic acids is 4. The van der Waals surface area contributed by atoms with E-state index >= 15 is 0 Å². The summed E-state index contributed by atoms with van der Waals surface area (Å²) in [5.41, 5.74) is 6.96. The van der Waals surface area contributed by atoms with Gasteiger partial charge in [0.1, 0.15) is 5.70 Å². The lowest BCUT2D eigenvalue weighted by Gasteiger charge is -2.12. The van der Waals surface area contributed by atoms with Crippen molar-refractivity contribution < 1.29 is 19.2 Å². The van der Waals surface area contributed by atoms with Crippen LogP contribution in [-0.4, -0.2) is 29.4 Å². The van der Waals surface area contributed by atoms with E-state index in [4.69, 9.17) is 5.73 Å². The molecule has 3 aromatic carbocycles. The first-order valence-corrected chi connectivity index (χ1v) is 13.6. The van der Waals surface area contributed by atoms with Crippen LogP contribution < -0.4 is 21.7 Å². The Morgan fingerprint density at radius 2 is 1.62 bits per heavy atom. The van der Waals surface area contributed by atoms with Crippen molar-refractivity contribution in [2.75, 3.05) is 16.4 Å².